The number of hydrogen-bond donors (Lipinski definition) is 0. The van der Waals surface area contributed by atoms with Crippen LogP contribution in [0, 0.1) is 24.2 Å². The molecule has 3 heterocycles. The Morgan fingerprint density at radius 3 is 2.43 bits per heavy atom. The van der Waals surface area contributed by atoms with Gasteiger partial charge in [0.05, 0.1) is 39.0 Å². The largest absolute Gasteiger partial charge is 0.307 e. The summed E-state index contributed by atoms with van der Waals surface area (Å²) in [7, 11) is 2.17. The van der Waals surface area contributed by atoms with E-state index in [1.54, 1.807) is 0 Å². The van der Waals surface area contributed by atoms with E-state index in [1.807, 2.05) is 6.07 Å². The van der Waals surface area contributed by atoms with Crippen molar-refractivity contribution in [1.29, 1.82) is 5.26 Å². The standard InChI is InChI=1S/C32H26N3/c1-18(2)15-26-23-8-6-5-7-22(23)19(3)28-31(26)35-27-16-20(17-33)9-11-24(27)25-12-10-21-13-14-34(4)32(28)29(21)30(25)35/h5-14,16,18H,15H2,1-4H3/q+1. The van der Waals surface area contributed by atoms with E-state index >= 15 is 0 Å². The van der Waals surface area contributed by atoms with E-state index in [1.165, 1.54) is 65.4 Å². The van der Waals surface area contributed by atoms with E-state index in [0.29, 0.717) is 11.5 Å². The van der Waals surface area contributed by atoms with Crippen LogP contribution in [0.4, 0.5) is 0 Å². The number of hydrogen-bond acceptors (Lipinski definition) is 1. The molecule has 0 unspecified atom stereocenters. The number of benzene rings is 4. The van der Waals surface area contributed by atoms with Gasteiger partial charge in [0, 0.05) is 16.8 Å². The predicted octanol–water partition coefficient (Wildman–Crippen LogP) is 7.35. The number of fused-ring (bicyclic) bond motifs is 7. The molecule has 0 spiro atoms. The fourth-order valence-corrected chi connectivity index (χ4v) is 6.37. The smallest absolute Gasteiger partial charge is 0.224 e. The molecule has 3 nitrogen and oxygen atoms in total. The lowest BCUT2D eigenvalue weighted by atomic mass is 9.89. The van der Waals surface area contributed by atoms with Gasteiger partial charge in [0.1, 0.15) is 7.05 Å². The summed E-state index contributed by atoms with van der Waals surface area (Å²) in [5, 5.41) is 18.7. The molecule has 0 amide bonds. The molecule has 7 rings (SSSR count). The Kier molecular flexibility index (Phi) is 4.01. The van der Waals surface area contributed by atoms with Gasteiger partial charge in [-0.3, -0.25) is 0 Å². The number of aryl methyl sites for hydroxylation is 2. The van der Waals surface area contributed by atoms with Gasteiger partial charge in [0.25, 0.3) is 0 Å². The molecule has 0 bridgehead atoms. The van der Waals surface area contributed by atoms with Gasteiger partial charge < -0.3 is 4.40 Å². The molecule has 0 aliphatic carbocycles. The molecule has 35 heavy (non-hydrogen) atoms. The first-order valence-corrected chi connectivity index (χ1v) is 12.3. The van der Waals surface area contributed by atoms with Gasteiger partial charge in [0.15, 0.2) is 6.20 Å². The van der Waals surface area contributed by atoms with E-state index in [0.717, 1.165) is 11.9 Å². The fourth-order valence-electron chi connectivity index (χ4n) is 6.37. The molecule has 0 saturated heterocycles. The fraction of sp³-hybridized carbons (Fsp3) is 0.188. The summed E-state index contributed by atoms with van der Waals surface area (Å²) in [6, 6.07) is 24.1. The summed E-state index contributed by atoms with van der Waals surface area (Å²) >= 11 is 0. The summed E-state index contributed by atoms with van der Waals surface area (Å²) < 4.78 is 4.77. The molecule has 0 atom stereocenters. The summed E-state index contributed by atoms with van der Waals surface area (Å²) in [6.45, 7) is 6.88. The minimum atomic E-state index is 0.513. The van der Waals surface area contributed by atoms with Gasteiger partial charge >= 0.3 is 0 Å². The second-order valence-electron chi connectivity index (χ2n) is 10.4. The molecular weight excluding hydrogens is 426 g/mol. The number of rotatable bonds is 2. The van der Waals surface area contributed by atoms with Crippen molar-refractivity contribution in [3.8, 4) is 6.07 Å². The number of pyridine rings is 2. The van der Waals surface area contributed by atoms with Crippen molar-refractivity contribution < 1.29 is 4.57 Å². The third kappa shape index (κ3) is 2.52. The lowest BCUT2D eigenvalue weighted by molar-refractivity contribution is -0.643. The topological polar surface area (TPSA) is 32.1 Å². The third-order valence-corrected chi connectivity index (χ3v) is 7.79. The molecule has 0 N–H and O–H groups in total. The summed E-state index contributed by atoms with van der Waals surface area (Å²) in [5.41, 5.74) is 8.34. The van der Waals surface area contributed by atoms with Crippen LogP contribution in [0.3, 0.4) is 0 Å². The van der Waals surface area contributed by atoms with E-state index < -0.39 is 0 Å². The average Bonchev–Trinajstić information content (AvgIpc) is 3.20. The molecule has 3 aromatic heterocycles. The molecule has 4 aromatic carbocycles. The number of nitriles is 1. The van der Waals surface area contributed by atoms with Crippen molar-refractivity contribution in [3.05, 3.63) is 83.6 Å². The van der Waals surface area contributed by atoms with Crippen LogP contribution in [0.2, 0.25) is 0 Å². The quantitative estimate of drug-likeness (QED) is 0.153. The second kappa shape index (κ2) is 6.93. The van der Waals surface area contributed by atoms with E-state index in [2.05, 4.69) is 104 Å². The number of nitrogens with zero attached hydrogens (tertiary/aromatic N) is 3. The summed E-state index contributed by atoms with van der Waals surface area (Å²) in [6.07, 6.45) is 3.18. The molecule has 0 aliphatic rings. The zero-order valence-corrected chi connectivity index (χ0v) is 20.5. The highest BCUT2D eigenvalue weighted by atomic mass is 15.0. The minimum Gasteiger partial charge on any atom is -0.307 e. The van der Waals surface area contributed by atoms with Crippen LogP contribution >= 0.6 is 0 Å². The SMILES string of the molecule is Cc1c2ccccc2c(CC(C)C)c2c1c1c3c(ccc4c5ccc(C#N)cc5n2c43)cc[n+]1C. The van der Waals surface area contributed by atoms with Crippen molar-refractivity contribution in [1.82, 2.24) is 4.40 Å². The van der Waals surface area contributed by atoms with E-state index in [-0.39, 0.29) is 0 Å². The normalized spacial score (nSPS) is 12.3. The maximum Gasteiger partial charge on any atom is 0.224 e. The van der Waals surface area contributed by atoms with Crippen molar-refractivity contribution in [2.75, 3.05) is 0 Å². The van der Waals surface area contributed by atoms with Gasteiger partial charge in [-0.25, -0.2) is 4.57 Å². The van der Waals surface area contributed by atoms with Crippen molar-refractivity contribution in [2.45, 2.75) is 27.2 Å². The Bertz CT molecular complexity index is 2030. The van der Waals surface area contributed by atoms with E-state index in [4.69, 9.17) is 0 Å². The average molecular weight is 453 g/mol. The monoisotopic (exact) mass is 452 g/mol. The first kappa shape index (κ1) is 20.2. The summed E-state index contributed by atoms with van der Waals surface area (Å²) in [5.74, 6) is 0.513. The molecule has 3 heteroatoms. The van der Waals surface area contributed by atoms with Crippen LogP contribution in [0.1, 0.15) is 30.5 Å². The highest BCUT2D eigenvalue weighted by molar-refractivity contribution is 6.29. The Labute approximate surface area is 203 Å². The Hall–Kier alpha value is -4.16. The highest BCUT2D eigenvalue weighted by Gasteiger charge is 2.27. The molecular formula is C32H26N3+. The van der Waals surface area contributed by atoms with Crippen LogP contribution in [-0.4, -0.2) is 4.40 Å². The van der Waals surface area contributed by atoms with Crippen LogP contribution in [0.15, 0.2) is 66.9 Å². The Balaban J connectivity index is 1.95. The van der Waals surface area contributed by atoms with Crippen LogP contribution in [-0.2, 0) is 13.5 Å². The molecule has 0 radical (unpaired) electrons. The molecule has 168 valence electrons. The number of aromatic nitrogens is 2. The van der Waals surface area contributed by atoms with Gasteiger partial charge in [-0.2, -0.15) is 5.26 Å². The van der Waals surface area contributed by atoms with Gasteiger partial charge in [-0.05, 0) is 58.7 Å². The lowest BCUT2D eigenvalue weighted by Crippen LogP contribution is -2.29. The second-order valence-corrected chi connectivity index (χ2v) is 10.4. The Morgan fingerprint density at radius 2 is 1.66 bits per heavy atom. The molecule has 7 aromatic rings. The maximum atomic E-state index is 9.75. The van der Waals surface area contributed by atoms with Crippen molar-refractivity contribution in [2.24, 2.45) is 13.0 Å². The van der Waals surface area contributed by atoms with Crippen molar-refractivity contribution in [3.63, 3.8) is 0 Å². The molecule has 0 fully saturated rings. The first-order chi connectivity index (χ1) is 17.0. The van der Waals surface area contributed by atoms with Crippen LogP contribution in [0.5, 0.6) is 0 Å². The molecule has 0 saturated carbocycles. The minimum absolute atomic E-state index is 0.513. The molecule has 0 aliphatic heterocycles. The zero-order valence-electron chi connectivity index (χ0n) is 20.5. The first-order valence-electron chi connectivity index (χ1n) is 12.3. The van der Waals surface area contributed by atoms with Gasteiger partial charge in [-0.1, -0.05) is 56.3 Å². The van der Waals surface area contributed by atoms with E-state index in [9.17, 15) is 5.26 Å². The lowest BCUT2D eigenvalue weighted by Gasteiger charge is -2.20. The van der Waals surface area contributed by atoms with Crippen LogP contribution < -0.4 is 4.57 Å². The van der Waals surface area contributed by atoms with Crippen molar-refractivity contribution >= 4 is 59.8 Å². The predicted molar refractivity (Wildman–Crippen MR) is 145 cm³/mol. The maximum absolute atomic E-state index is 9.75. The summed E-state index contributed by atoms with van der Waals surface area (Å²) in [4.78, 5) is 0. The van der Waals surface area contributed by atoms with Gasteiger partial charge in [-0.15, -0.1) is 0 Å². The van der Waals surface area contributed by atoms with Crippen LogP contribution in [0.25, 0.3) is 59.8 Å². The zero-order chi connectivity index (χ0) is 24.0. The van der Waals surface area contributed by atoms with Gasteiger partial charge in [0.2, 0.25) is 5.52 Å². The third-order valence-electron chi connectivity index (χ3n) is 7.79. The Morgan fingerprint density at radius 1 is 0.886 bits per heavy atom. The highest BCUT2D eigenvalue weighted by Crippen LogP contribution is 2.44.